The molecule has 0 aliphatic heterocycles. The van der Waals surface area contributed by atoms with Gasteiger partial charge < -0.3 is 4.74 Å². The van der Waals surface area contributed by atoms with E-state index < -0.39 is 10.8 Å². The Balaban J connectivity index is 2.00. The monoisotopic (exact) mass is 375 g/mol. The molecule has 0 heterocycles. The number of hydrazone groups is 1. The third kappa shape index (κ3) is 5.03. The molecule has 0 radical (unpaired) electrons. The molecule has 2 aromatic rings. The van der Waals surface area contributed by atoms with Crippen LogP contribution in [-0.4, -0.2) is 23.1 Å². The summed E-state index contributed by atoms with van der Waals surface area (Å²) in [7, 11) is 0. The molecule has 8 heteroatoms. The summed E-state index contributed by atoms with van der Waals surface area (Å²) in [5.74, 6) is 0.197. The van der Waals surface area contributed by atoms with Crippen LogP contribution >= 0.6 is 11.6 Å². The molecule has 0 saturated heterocycles. The van der Waals surface area contributed by atoms with Crippen LogP contribution in [-0.2, 0) is 4.79 Å². The van der Waals surface area contributed by atoms with Gasteiger partial charge in [-0.3, -0.25) is 14.9 Å². The number of halogens is 1. The van der Waals surface area contributed by atoms with Crippen LogP contribution in [0.25, 0.3) is 0 Å². The number of aryl methyl sites for hydroxylation is 2. The second-order valence-electron chi connectivity index (χ2n) is 5.71. The van der Waals surface area contributed by atoms with Gasteiger partial charge in [0.15, 0.2) is 6.61 Å². The van der Waals surface area contributed by atoms with Crippen LogP contribution in [0.2, 0.25) is 5.02 Å². The van der Waals surface area contributed by atoms with Crippen LogP contribution in [0, 0.1) is 24.0 Å². The van der Waals surface area contributed by atoms with E-state index in [-0.39, 0.29) is 17.3 Å². The quantitative estimate of drug-likeness (QED) is 0.472. The zero-order chi connectivity index (χ0) is 19.3. The Morgan fingerprint density at radius 1 is 1.27 bits per heavy atom. The number of benzene rings is 2. The largest absolute Gasteiger partial charge is 0.483 e. The van der Waals surface area contributed by atoms with Crippen LogP contribution in [0.1, 0.15) is 23.6 Å². The SMILES string of the molecule is C/C(=N\NC(=O)COc1cc(C)ccc1C)c1ccc(Cl)c([N+](=O)[O-])c1. The van der Waals surface area contributed by atoms with E-state index in [0.717, 1.165) is 11.1 Å². The molecule has 0 aliphatic rings. The minimum Gasteiger partial charge on any atom is -0.483 e. The van der Waals surface area contributed by atoms with E-state index in [2.05, 4.69) is 10.5 Å². The average molecular weight is 376 g/mol. The predicted octanol–water partition coefficient (Wildman–Crippen LogP) is 3.78. The first-order chi connectivity index (χ1) is 12.3. The molecule has 1 amide bonds. The first-order valence-electron chi connectivity index (χ1n) is 7.75. The van der Waals surface area contributed by atoms with E-state index >= 15 is 0 Å². The molecular formula is C18H18ClN3O4. The highest BCUT2D eigenvalue weighted by atomic mass is 35.5. The molecule has 0 bridgehead atoms. The van der Waals surface area contributed by atoms with Crippen molar-refractivity contribution in [1.82, 2.24) is 5.43 Å². The summed E-state index contributed by atoms with van der Waals surface area (Å²) in [4.78, 5) is 22.3. The number of hydrogen-bond donors (Lipinski definition) is 1. The van der Waals surface area contributed by atoms with Gasteiger partial charge in [0.05, 0.1) is 10.6 Å². The Morgan fingerprint density at radius 2 is 2.00 bits per heavy atom. The maximum absolute atomic E-state index is 11.9. The third-order valence-corrected chi connectivity index (χ3v) is 3.93. The number of ether oxygens (including phenoxy) is 1. The number of carbonyl (C=O) groups excluding carboxylic acids is 1. The molecule has 0 aromatic heterocycles. The zero-order valence-corrected chi connectivity index (χ0v) is 15.3. The third-order valence-electron chi connectivity index (χ3n) is 3.61. The van der Waals surface area contributed by atoms with Crippen LogP contribution in [0.15, 0.2) is 41.5 Å². The standard InChI is InChI=1S/C18H18ClN3O4/c1-11-4-5-12(2)17(8-11)26-10-18(23)21-20-13(3)14-6-7-15(19)16(9-14)22(24)25/h4-9H,10H2,1-3H3,(H,21,23)/b20-13+. The van der Waals surface area contributed by atoms with Gasteiger partial charge in [-0.15, -0.1) is 0 Å². The van der Waals surface area contributed by atoms with Crippen molar-refractivity contribution in [2.45, 2.75) is 20.8 Å². The number of nitro groups is 1. The molecule has 1 N–H and O–H groups in total. The maximum Gasteiger partial charge on any atom is 0.288 e. The van der Waals surface area contributed by atoms with E-state index in [1.807, 2.05) is 32.0 Å². The lowest BCUT2D eigenvalue weighted by atomic mass is 10.1. The fourth-order valence-corrected chi connectivity index (χ4v) is 2.31. The number of nitrogens with one attached hydrogen (secondary N) is 1. The van der Waals surface area contributed by atoms with Gasteiger partial charge in [0.2, 0.25) is 0 Å². The number of amides is 1. The molecule has 2 aromatic carbocycles. The second kappa shape index (κ2) is 8.44. The molecule has 26 heavy (non-hydrogen) atoms. The fourth-order valence-electron chi connectivity index (χ4n) is 2.13. The van der Waals surface area contributed by atoms with Gasteiger partial charge in [-0.05, 0) is 44.0 Å². The Morgan fingerprint density at radius 3 is 2.69 bits per heavy atom. The molecule has 136 valence electrons. The number of nitrogens with zero attached hydrogens (tertiary/aromatic N) is 2. The van der Waals surface area contributed by atoms with E-state index in [1.54, 1.807) is 13.0 Å². The molecule has 0 atom stereocenters. The Labute approximate surface area is 155 Å². The van der Waals surface area contributed by atoms with Crippen molar-refractivity contribution in [2.24, 2.45) is 5.10 Å². The van der Waals surface area contributed by atoms with Gasteiger partial charge in [-0.2, -0.15) is 5.10 Å². The zero-order valence-electron chi connectivity index (χ0n) is 14.6. The highest BCUT2D eigenvalue weighted by Gasteiger charge is 2.14. The van der Waals surface area contributed by atoms with Gasteiger partial charge >= 0.3 is 0 Å². The number of nitro benzene ring substituents is 1. The van der Waals surface area contributed by atoms with Gasteiger partial charge in [0, 0.05) is 11.6 Å². The van der Waals surface area contributed by atoms with Crippen molar-refractivity contribution in [3.05, 3.63) is 68.2 Å². The number of rotatable bonds is 6. The summed E-state index contributed by atoms with van der Waals surface area (Å²) in [6.45, 7) is 5.26. The van der Waals surface area contributed by atoms with Crippen molar-refractivity contribution in [1.29, 1.82) is 0 Å². The highest BCUT2D eigenvalue weighted by Crippen LogP contribution is 2.25. The summed E-state index contributed by atoms with van der Waals surface area (Å²) in [6, 6.07) is 10.0. The lowest BCUT2D eigenvalue weighted by Gasteiger charge is -2.09. The van der Waals surface area contributed by atoms with Crippen molar-refractivity contribution in [3.63, 3.8) is 0 Å². The Bertz CT molecular complexity index is 881. The van der Waals surface area contributed by atoms with Crippen molar-refractivity contribution < 1.29 is 14.5 Å². The fraction of sp³-hybridized carbons (Fsp3) is 0.222. The normalized spacial score (nSPS) is 11.2. The van der Waals surface area contributed by atoms with E-state index in [4.69, 9.17) is 16.3 Å². The lowest BCUT2D eigenvalue weighted by Crippen LogP contribution is -2.25. The molecule has 0 spiro atoms. The number of hydrogen-bond acceptors (Lipinski definition) is 5. The Hall–Kier alpha value is -2.93. The minimum absolute atomic E-state index is 0.0394. The summed E-state index contributed by atoms with van der Waals surface area (Å²) in [5, 5.41) is 14.9. The number of carbonyl (C=O) groups is 1. The van der Waals surface area contributed by atoms with Gasteiger partial charge in [-0.25, -0.2) is 5.43 Å². The predicted molar refractivity (Wildman–Crippen MR) is 99.9 cm³/mol. The first-order valence-corrected chi connectivity index (χ1v) is 8.13. The van der Waals surface area contributed by atoms with Crippen LogP contribution in [0.5, 0.6) is 5.75 Å². The van der Waals surface area contributed by atoms with E-state index in [0.29, 0.717) is 17.0 Å². The topological polar surface area (TPSA) is 93.8 Å². The van der Waals surface area contributed by atoms with E-state index in [1.165, 1.54) is 12.1 Å². The maximum atomic E-state index is 11.9. The van der Waals surface area contributed by atoms with Gasteiger partial charge in [-0.1, -0.05) is 29.8 Å². The van der Waals surface area contributed by atoms with Gasteiger partial charge in [0.25, 0.3) is 11.6 Å². The molecule has 0 saturated carbocycles. The van der Waals surface area contributed by atoms with Crippen molar-refractivity contribution in [2.75, 3.05) is 6.61 Å². The van der Waals surface area contributed by atoms with Crippen LogP contribution < -0.4 is 10.2 Å². The smallest absolute Gasteiger partial charge is 0.288 e. The summed E-state index contributed by atoms with van der Waals surface area (Å²) >= 11 is 5.78. The van der Waals surface area contributed by atoms with Crippen LogP contribution in [0.4, 0.5) is 5.69 Å². The second-order valence-corrected chi connectivity index (χ2v) is 6.12. The lowest BCUT2D eigenvalue weighted by molar-refractivity contribution is -0.384. The molecule has 0 aliphatic carbocycles. The first kappa shape index (κ1) is 19.4. The molecule has 0 fully saturated rings. The van der Waals surface area contributed by atoms with E-state index in [9.17, 15) is 14.9 Å². The van der Waals surface area contributed by atoms with Gasteiger partial charge in [0.1, 0.15) is 10.8 Å². The molecule has 0 unspecified atom stereocenters. The molecule has 7 nitrogen and oxygen atoms in total. The molecule has 2 rings (SSSR count). The highest BCUT2D eigenvalue weighted by molar-refractivity contribution is 6.32. The summed E-state index contributed by atoms with van der Waals surface area (Å²) in [6.07, 6.45) is 0. The summed E-state index contributed by atoms with van der Waals surface area (Å²) < 4.78 is 5.50. The summed E-state index contributed by atoms with van der Waals surface area (Å²) in [5.41, 5.74) is 5.00. The van der Waals surface area contributed by atoms with Crippen molar-refractivity contribution >= 4 is 28.9 Å². The van der Waals surface area contributed by atoms with Crippen molar-refractivity contribution in [3.8, 4) is 5.75 Å². The molecular weight excluding hydrogens is 358 g/mol. The van der Waals surface area contributed by atoms with Crippen LogP contribution in [0.3, 0.4) is 0 Å². The Kier molecular flexibility index (Phi) is 6.30. The minimum atomic E-state index is -0.574. The average Bonchev–Trinajstić information content (AvgIpc) is 2.60.